The van der Waals surface area contributed by atoms with E-state index in [9.17, 15) is 0 Å². The maximum absolute atomic E-state index is 5.31. The second kappa shape index (κ2) is 4.78. The van der Waals surface area contributed by atoms with Gasteiger partial charge in [0.05, 0.1) is 0 Å². The number of hydrogen-bond donors (Lipinski definition) is 1. The van der Waals surface area contributed by atoms with Crippen molar-refractivity contribution in [1.82, 2.24) is 10.3 Å². The van der Waals surface area contributed by atoms with Crippen molar-refractivity contribution in [3.05, 3.63) is 29.1 Å². The minimum Gasteiger partial charge on any atom is -0.312 e. The summed E-state index contributed by atoms with van der Waals surface area (Å²) in [5.74, 6) is 2.67. The molecule has 0 aliphatic heterocycles. The Morgan fingerprint density at radius 2 is 2.00 bits per heavy atom. The first-order chi connectivity index (χ1) is 6.67. The number of pyridine rings is 1. The van der Waals surface area contributed by atoms with E-state index >= 15 is 0 Å². The lowest BCUT2D eigenvalue weighted by molar-refractivity contribution is 0.609. The lowest BCUT2D eigenvalue weighted by Gasteiger charge is -2.14. The van der Waals surface area contributed by atoms with Gasteiger partial charge in [-0.2, -0.15) is 0 Å². The molecule has 74 valence electrons. The van der Waals surface area contributed by atoms with Crippen LogP contribution in [0.15, 0.2) is 12.1 Å². The number of nitrogens with one attached hydrogen (secondary N) is 1. The van der Waals surface area contributed by atoms with Gasteiger partial charge in [0.1, 0.15) is 0 Å². The molecule has 0 aliphatic rings. The zero-order valence-corrected chi connectivity index (χ0v) is 8.96. The molecule has 1 rings (SSSR count). The summed E-state index contributed by atoms with van der Waals surface area (Å²) >= 11 is 0. The second-order valence-corrected chi connectivity index (χ2v) is 3.43. The summed E-state index contributed by atoms with van der Waals surface area (Å²) in [6, 6.07) is 4.39. The molecule has 0 aliphatic carbocycles. The SMILES string of the molecule is C#CCC(NC)c1cc(C)nc(C)c1. The Hall–Kier alpha value is -1.33. The normalized spacial score (nSPS) is 12.1. The van der Waals surface area contributed by atoms with Crippen LogP contribution in [0.25, 0.3) is 0 Å². The average molecular weight is 188 g/mol. The summed E-state index contributed by atoms with van der Waals surface area (Å²) in [5, 5.41) is 3.20. The van der Waals surface area contributed by atoms with Crippen LogP contribution in [0.5, 0.6) is 0 Å². The molecule has 0 amide bonds. The standard InChI is InChI=1S/C12H16N2/c1-5-6-12(13-4)11-7-9(2)14-10(3)8-11/h1,7-8,12-13H,6H2,2-4H3. The Balaban J connectivity index is 2.98. The highest BCUT2D eigenvalue weighted by Gasteiger charge is 2.08. The van der Waals surface area contributed by atoms with Crippen LogP contribution in [0, 0.1) is 26.2 Å². The van der Waals surface area contributed by atoms with E-state index in [4.69, 9.17) is 6.42 Å². The Kier molecular flexibility index (Phi) is 3.67. The molecule has 0 radical (unpaired) electrons. The van der Waals surface area contributed by atoms with Crippen molar-refractivity contribution in [2.45, 2.75) is 26.3 Å². The van der Waals surface area contributed by atoms with E-state index in [0.717, 1.165) is 11.4 Å². The molecule has 2 heteroatoms. The van der Waals surface area contributed by atoms with Crippen molar-refractivity contribution < 1.29 is 0 Å². The second-order valence-electron chi connectivity index (χ2n) is 3.43. The topological polar surface area (TPSA) is 24.9 Å². The largest absolute Gasteiger partial charge is 0.312 e. The third kappa shape index (κ3) is 2.58. The van der Waals surface area contributed by atoms with Crippen molar-refractivity contribution in [2.75, 3.05) is 7.05 Å². The average Bonchev–Trinajstić information content (AvgIpc) is 2.12. The number of aryl methyl sites for hydroxylation is 2. The molecule has 0 bridgehead atoms. The van der Waals surface area contributed by atoms with Crippen LogP contribution in [-0.2, 0) is 0 Å². The predicted molar refractivity (Wildman–Crippen MR) is 59.0 cm³/mol. The summed E-state index contributed by atoms with van der Waals surface area (Å²) in [6.45, 7) is 4.00. The van der Waals surface area contributed by atoms with E-state index in [1.165, 1.54) is 5.56 Å². The molecular weight excluding hydrogens is 172 g/mol. The van der Waals surface area contributed by atoms with Gasteiger partial charge in [0, 0.05) is 23.9 Å². The highest BCUT2D eigenvalue weighted by molar-refractivity contribution is 5.24. The number of nitrogens with zero attached hydrogens (tertiary/aromatic N) is 1. The molecule has 14 heavy (non-hydrogen) atoms. The smallest absolute Gasteiger partial charge is 0.0429 e. The molecule has 1 aromatic heterocycles. The lowest BCUT2D eigenvalue weighted by atomic mass is 10.0. The number of hydrogen-bond acceptors (Lipinski definition) is 2. The van der Waals surface area contributed by atoms with Gasteiger partial charge in [-0.25, -0.2) is 0 Å². The van der Waals surface area contributed by atoms with Crippen LogP contribution < -0.4 is 5.32 Å². The van der Waals surface area contributed by atoms with Crippen molar-refractivity contribution in [3.8, 4) is 12.3 Å². The first-order valence-corrected chi connectivity index (χ1v) is 4.73. The summed E-state index contributed by atoms with van der Waals surface area (Å²) in [7, 11) is 1.92. The summed E-state index contributed by atoms with van der Waals surface area (Å²) in [4.78, 5) is 4.33. The van der Waals surface area contributed by atoms with E-state index in [1.54, 1.807) is 0 Å². The predicted octanol–water partition coefficient (Wildman–Crippen LogP) is 1.98. The van der Waals surface area contributed by atoms with E-state index in [-0.39, 0.29) is 6.04 Å². The molecule has 2 nitrogen and oxygen atoms in total. The summed E-state index contributed by atoms with van der Waals surface area (Å²) in [5.41, 5.74) is 3.30. The molecule has 0 saturated heterocycles. The van der Waals surface area contributed by atoms with E-state index in [1.807, 2.05) is 20.9 Å². The fourth-order valence-electron chi connectivity index (χ4n) is 1.57. The Morgan fingerprint density at radius 1 is 1.43 bits per heavy atom. The Labute approximate surface area is 85.8 Å². The monoisotopic (exact) mass is 188 g/mol. The van der Waals surface area contributed by atoms with Crippen LogP contribution in [0.1, 0.15) is 29.4 Å². The van der Waals surface area contributed by atoms with E-state index in [0.29, 0.717) is 6.42 Å². The minimum absolute atomic E-state index is 0.236. The zero-order chi connectivity index (χ0) is 10.6. The molecule has 1 unspecified atom stereocenters. The Bertz CT molecular complexity index is 330. The maximum Gasteiger partial charge on any atom is 0.0429 e. The van der Waals surface area contributed by atoms with Crippen LogP contribution in [0.3, 0.4) is 0 Å². The first-order valence-electron chi connectivity index (χ1n) is 4.73. The summed E-state index contributed by atoms with van der Waals surface area (Å²) in [6.07, 6.45) is 6.02. The molecule has 0 spiro atoms. The molecule has 1 heterocycles. The third-order valence-corrected chi connectivity index (χ3v) is 2.18. The molecule has 0 saturated carbocycles. The van der Waals surface area contributed by atoms with Gasteiger partial charge in [0.15, 0.2) is 0 Å². The highest BCUT2D eigenvalue weighted by atomic mass is 14.9. The number of rotatable bonds is 3. The van der Waals surface area contributed by atoms with Gasteiger partial charge >= 0.3 is 0 Å². The van der Waals surface area contributed by atoms with Crippen LogP contribution in [0.2, 0.25) is 0 Å². The molecule has 0 aromatic carbocycles. The van der Waals surface area contributed by atoms with Gasteiger partial charge in [-0.1, -0.05) is 0 Å². The van der Waals surface area contributed by atoms with Gasteiger partial charge in [0.25, 0.3) is 0 Å². The molecule has 0 fully saturated rings. The Morgan fingerprint density at radius 3 is 2.43 bits per heavy atom. The van der Waals surface area contributed by atoms with E-state index < -0.39 is 0 Å². The van der Waals surface area contributed by atoms with Gasteiger partial charge in [0.2, 0.25) is 0 Å². The molecular formula is C12H16N2. The fourth-order valence-corrected chi connectivity index (χ4v) is 1.57. The van der Waals surface area contributed by atoms with Crippen LogP contribution >= 0.6 is 0 Å². The third-order valence-electron chi connectivity index (χ3n) is 2.18. The van der Waals surface area contributed by atoms with Crippen molar-refractivity contribution >= 4 is 0 Å². The summed E-state index contributed by atoms with van der Waals surface area (Å²) < 4.78 is 0. The van der Waals surface area contributed by atoms with Crippen LogP contribution in [-0.4, -0.2) is 12.0 Å². The van der Waals surface area contributed by atoms with Crippen molar-refractivity contribution in [1.29, 1.82) is 0 Å². The van der Waals surface area contributed by atoms with Crippen LogP contribution in [0.4, 0.5) is 0 Å². The quantitative estimate of drug-likeness (QED) is 0.734. The van der Waals surface area contributed by atoms with Gasteiger partial charge in [-0.05, 0) is 38.6 Å². The van der Waals surface area contributed by atoms with Crippen molar-refractivity contribution in [2.24, 2.45) is 0 Å². The van der Waals surface area contributed by atoms with Gasteiger partial charge < -0.3 is 5.32 Å². The van der Waals surface area contributed by atoms with E-state index in [2.05, 4.69) is 28.4 Å². The minimum atomic E-state index is 0.236. The lowest BCUT2D eigenvalue weighted by Crippen LogP contribution is -2.16. The molecule has 1 aromatic rings. The number of aromatic nitrogens is 1. The number of terminal acetylenes is 1. The van der Waals surface area contributed by atoms with Gasteiger partial charge in [-0.3, -0.25) is 4.98 Å². The first kappa shape index (κ1) is 10.7. The van der Waals surface area contributed by atoms with Gasteiger partial charge in [-0.15, -0.1) is 12.3 Å². The molecule has 1 atom stereocenters. The van der Waals surface area contributed by atoms with Crippen molar-refractivity contribution in [3.63, 3.8) is 0 Å². The zero-order valence-electron chi connectivity index (χ0n) is 8.96. The maximum atomic E-state index is 5.31. The highest BCUT2D eigenvalue weighted by Crippen LogP contribution is 2.17. The molecule has 1 N–H and O–H groups in total. The fraction of sp³-hybridized carbons (Fsp3) is 0.417.